The largest absolute Gasteiger partial charge is 0.508 e. The van der Waals surface area contributed by atoms with E-state index in [1.54, 1.807) is 30.3 Å². The van der Waals surface area contributed by atoms with E-state index in [0.717, 1.165) is 22.6 Å². The number of hydrogen-bond acceptors (Lipinski definition) is 6. The standard InChI is InChI=1S/C34H26BrCl2FN2O6/c35-18-3-12-26(42)24(15-18)28-22-10-11-23-27(30(44)39(29(23)43)14-13-17-1-8-21(41)9-2-17)25(22)16-33(36)31(45)40(32(46)34(28,33)37)20-6-4-19(38)5-7-20/h1-10,12,15,23,25,27-28,41-42H,11,13-14,16H2/t23-,25+,27-,28+,33+,34-/m0/s1. The molecule has 2 aliphatic carbocycles. The number of fused-ring (bicyclic) bond motifs is 4. The number of carbonyl (C=O) groups is 4. The summed E-state index contributed by atoms with van der Waals surface area (Å²) >= 11 is 18.1. The molecule has 0 aromatic heterocycles. The van der Waals surface area contributed by atoms with Gasteiger partial charge in [0.25, 0.3) is 11.8 Å². The maximum atomic E-state index is 14.4. The number of phenolic OH excluding ortho intramolecular Hbond substituents is 2. The van der Waals surface area contributed by atoms with Crippen molar-refractivity contribution in [3.8, 4) is 11.5 Å². The van der Waals surface area contributed by atoms with Crippen LogP contribution in [0.25, 0.3) is 0 Å². The average molecular weight is 728 g/mol. The lowest BCUT2D eigenvalue weighted by atomic mass is 9.56. The van der Waals surface area contributed by atoms with Gasteiger partial charge in [-0.1, -0.05) is 39.7 Å². The highest BCUT2D eigenvalue weighted by Gasteiger charge is 2.76. The maximum absolute atomic E-state index is 14.4. The number of aromatic hydroxyl groups is 2. The summed E-state index contributed by atoms with van der Waals surface area (Å²) in [6.07, 6.45) is 2.14. The first-order chi connectivity index (χ1) is 21.9. The molecule has 4 aliphatic rings. The molecule has 2 saturated heterocycles. The van der Waals surface area contributed by atoms with Crippen molar-refractivity contribution >= 4 is 68.4 Å². The van der Waals surface area contributed by atoms with Gasteiger partial charge < -0.3 is 10.2 Å². The van der Waals surface area contributed by atoms with Crippen molar-refractivity contribution in [1.29, 1.82) is 0 Å². The molecular weight excluding hydrogens is 702 g/mol. The molecule has 12 heteroatoms. The smallest absolute Gasteiger partial charge is 0.258 e. The van der Waals surface area contributed by atoms with Crippen molar-refractivity contribution in [2.24, 2.45) is 17.8 Å². The number of anilines is 1. The van der Waals surface area contributed by atoms with Crippen molar-refractivity contribution in [2.45, 2.75) is 34.9 Å². The second-order valence-electron chi connectivity index (χ2n) is 12.2. The summed E-state index contributed by atoms with van der Waals surface area (Å²) in [4.78, 5) is 54.3. The number of likely N-dealkylation sites (tertiary alicyclic amines) is 1. The summed E-state index contributed by atoms with van der Waals surface area (Å²) in [6, 6.07) is 15.9. The van der Waals surface area contributed by atoms with E-state index in [-0.39, 0.29) is 48.0 Å². The van der Waals surface area contributed by atoms with Gasteiger partial charge in [0.1, 0.15) is 17.3 Å². The van der Waals surface area contributed by atoms with Gasteiger partial charge in [0.2, 0.25) is 11.8 Å². The second kappa shape index (κ2) is 10.9. The summed E-state index contributed by atoms with van der Waals surface area (Å²) in [5.74, 6) is -6.56. The Morgan fingerprint density at radius 2 is 1.59 bits per heavy atom. The average Bonchev–Trinajstić information content (AvgIpc) is 3.36. The molecule has 2 aliphatic heterocycles. The highest BCUT2D eigenvalue weighted by Crippen LogP contribution is 2.66. The molecule has 2 heterocycles. The topological polar surface area (TPSA) is 115 Å². The Balaban J connectivity index is 1.33. The molecule has 6 atom stereocenters. The van der Waals surface area contributed by atoms with E-state index in [9.17, 15) is 33.8 Å². The van der Waals surface area contributed by atoms with Crippen LogP contribution in [-0.4, -0.2) is 55.0 Å². The molecule has 0 unspecified atom stereocenters. The van der Waals surface area contributed by atoms with Crippen LogP contribution in [0.2, 0.25) is 0 Å². The first-order valence-corrected chi connectivity index (χ1v) is 16.3. The maximum Gasteiger partial charge on any atom is 0.258 e. The van der Waals surface area contributed by atoms with Crippen LogP contribution >= 0.6 is 39.1 Å². The van der Waals surface area contributed by atoms with E-state index in [4.69, 9.17) is 23.2 Å². The number of hydrogen-bond donors (Lipinski definition) is 2. The van der Waals surface area contributed by atoms with Crippen molar-refractivity contribution < 1.29 is 33.8 Å². The first-order valence-electron chi connectivity index (χ1n) is 14.7. The number of halogens is 4. The number of phenols is 2. The normalized spacial score (nSPS) is 30.3. The molecule has 46 heavy (non-hydrogen) atoms. The molecule has 0 radical (unpaired) electrons. The van der Waals surface area contributed by atoms with E-state index in [1.807, 2.05) is 0 Å². The van der Waals surface area contributed by atoms with Gasteiger partial charge in [-0.25, -0.2) is 9.29 Å². The fourth-order valence-corrected chi connectivity index (χ4v) is 9.00. The van der Waals surface area contributed by atoms with Crippen LogP contribution < -0.4 is 4.90 Å². The van der Waals surface area contributed by atoms with Gasteiger partial charge in [-0.05, 0) is 85.3 Å². The van der Waals surface area contributed by atoms with Crippen LogP contribution in [0.4, 0.5) is 10.1 Å². The zero-order valence-corrected chi connectivity index (χ0v) is 27.1. The second-order valence-corrected chi connectivity index (χ2v) is 14.4. The van der Waals surface area contributed by atoms with Crippen molar-refractivity contribution in [3.63, 3.8) is 0 Å². The summed E-state index contributed by atoms with van der Waals surface area (Å²) in [5, 5.41) is 20.7. The van der Waals surface area contributed by atoms with Gasteiger partial charge in [-0.15, -0.1) is 23.2 Å². The summed E-state index contributed by atoms with van der Waals surface area (Å²) < 4.78 is 14.4. The predicted octanol–water partition coefficient (Wildman–Crippen LogP) is 5.81. The fourth-order valence-electron chi connectivity index (χ4n) is 7.69. The van der Waals surface area contributed by atoms with Crippen LogP contribution in [0, 0.1) is 23.6 Å². The van der Waals surface area contributed by atoms with Gasteiger partial charge in [0, 0.05) is 22.5 Å². The van der Waals surface area contributed by atoms with Crippen LogP contribution in [-0.2, 0) is 25.6 Å². The Morgan fingerprint density at radius 3 is 2.28 bits per heavy atom. The van der Waals surface area contributed by atoms with Gasteiger partial charge in [0.05, 0.1) is 17.5 Å². The van der Waals surface area contributed by atoms with Crippen LogP contribution in [0.5, 0.6) is 11.5 Å². The molecule has 3 aromatic rings. The zero-order chi connectivity index (χ0) is 32.7. The van der Waals surface area contributed by atoms with Gasteiger partial charge >= 0.3 is 0 Å². The van der Waals surface area contributed by atoms with E-state index in [2.05, 4.69) is 15.9 Å². The Morgan fingerprint density at radius 1 is 0.891 bits per heavy atom. The third kappa shape index (κ3) is 4.37. The van der Waals surface area contributed by atoms with Gasteiger partial charge in [-0.2, -0.15) is 0 Å². The fraction of sp³-hybridized carbons (Fsp3) is 0.294. The number of allylic oxidation sites excluding steroid dienone is 2. The van der Waals surface area contributed by atoms with E-state index >= 15 is 0 Å². The van der Waals surface area contributed by atoms with Crippen LogP contribution in [0.3, 0.4) is 0 Å². The summed E-state index contributed by atoms with van der Waals surface area (Å²) in [7, 11) is 0. The number of rotatable bonds is 5. The molecular formula is C34H26BrCl2FN2O6. The SMILES string of the molecule is O=C1[C@H]2[C@H](CC=C3[C@H]2C[C@@]2(Cl)C(=O)N(c4ccc(F)cc4)C(=O)[C@@]2(Cl)[C@H]3c2cc(Br)ccc2O)C(=O)N1CCc1ccc(O)cc1. The number of imide groups is 2. The summed E-state index contributed by atoms with van der Waals surface area (Å²) in [5.41, 5.74) is 1.68. The molecule has 0 spiro atoms. The Bertz CT molecular complexity index is 1850. The van der Waals surface area contributed by atoms with Crippen molar-refractivity contribution in [2.75, 3.05) is 11.4 Å². The molecule has 1 saturated carbocycles. The quantitative estimate of drug-likeness (QED) is 0.195. The highest BCUT2D eigenvalue weighted by molar-refractivity contribution is 9.10. The number of alkyl halides is 2. The van der Waals surface area contributed by atoms with E-state index < -0.39 is 57.0 Å². The Labute approximate surface area is 281 Å². The molecule has 4 amide bonds. The minimum absolute atomic E-state index is 0.0745. The molecule has 7 rings (SSSR count). The third-order valence-corrected chi connectivity index (χ3v) is 11.8. The molecule has 0 bridgehead atoms. The number of carbonyl (C=O) groups excluding carboxylic acids is 4. The molecule has 236 valence electrons. The number of amides is 4. The lowest BCUT2D eigenvalue weighted by molar-refractivity contribution is -0.140. The van der Waals surface area contributed by atoms with Crippen molar-refractivity contribution in [3.05, 3.63) is 99.8 Å². The van der Waals surface area contributed by atoms with Gasteiger partial charge in [-0.3, -0.25) is 24.1 Å². The lowest BCUT2D eigenvalue weighted by Crippen LogP contribution is -2.60. The molecule has 3 fully saturated rings. The molecule has 2 N–H and O–H groups in total. The minimum Gasteiger partial charge on any atom is -0.508 e. The molecule has 3 aromatic carbocycles. The predicted molar refractivity (Wildman–Crippen MR) is 171 cm³/mol. The number of nitrogens with zero attached hydrogens (tertiary/aromatic N) is 2. The van der Waals surface area contributed by atoms with Crippen LogP contribution in [0.1, 0.15) is 29.9 Å². The zero-order valence-electron chi connectivity index (χ0n) is 24.0. The monoisotopic (exact) mass is 726 g/mol. The minimum atomic E-state index is -2.14. The molecule has 8 nitrogen and oxygen atoms in total. The Kier molecular flexibility index (Phi) is 7.34. The lowest BCUT2D eigenvalue weighted by Gasteiger charge is -2.50. The third-order valence-electron chi connectivity index (χ3n) is 9.85. The first kappa shape index (κ1) is 30.9. The van der Waals surface area contributed by atoms with Gasteiger partial charge in [0.15, 0.2) is 9.75 Å². The number of benzene rings is 3. The van der Waals surface area contributed by atoms with Crippen LogP contribution in [0.15, 0.2) is 82.9 Å². The van der Waals surface area contributed by atoms with E-state index in [0.29, 0.717) is 16.5 Å². The highest BCUT2D eigenvalue weighted by atomic mass is 79.9. The van der Waals surface area contributed by atoms with Crippen molar-refractivity contribution in [1.82, 2.24) is 4.90 Å². The summed E-state index contributed by atoms with van der Waals surface area (Å²) in [6.45, 7) is 0.120. The Hall–Kier alpha value is -3.73. The van der Waals surface area contributed by atoms with E-state index in [1.165, 1.54) is 35.2 Å².